The molecule has 3 heteroatoms. The van der Waals surface area contributed by atoms with Crippen molar-refractivity contribution in [2.24, 2.45) is 0 Å². The summed E-state index contributed by atoms with van der Waals surface area (Å²) in [5.41, 5.74) is 5.60. The first-order chi connectivity index (χ1) is 9.92. The number of anilines is 1. The Labute approximate surface area is 120 Å². The number of hydrogen-bond acceptors (Lipinski definition) is 2. The molecule has 0 amide bonds. The lowest BCUT2D eigenvalue weighted by molar-refractivity contribution is 0.470. The average molecular weight is 267 g/mol. The van der Waals surface area contributed by atoms with E-state index in [1.54, 1.807) is 0 Å². The molecular formula is C17H21N3. The normalized spacial score (nSPS) is 21.5. The monoisotopic (exact) mass is 267 g/mol. The SMILES string of the molecule is c1ccc2c(c1)CCC(n1cnc3c1CCCC3)CN2. The summed E-state index contributed by atoms with van der Waals surface area (Å²) in [6.07, 6.45) is 9.44. The van der Waals surface area contributed by atoms with E-state index in [1.165, 1.54) is 54.7 Å². The highest BCUT2D eigenvalue weighted by molar-refractivity contribution is 5.52. The molecule has 20 heavy (non-hydrogen) atoms. The Morgan fingerprint density at radius 2 is 2.00 bits per heavy atom. The van der Waals surface area contributed by atoms with Crippen LogP contribution in [-0.2, 0) is 19.3 Å². The van der Waals surface area contributed by atoms with Gasteiger partial charge in [0, 0.05) is 17.9 Å². The number of aromatic nitrogens is 2. The highest BCUT2D eigenvalue weighted by Gasteiger charge is 2.22. The molecule has 0 radical (unpaired) electrons. The average Bonchev–Trinajstić information content (AvgIpc) is 2.81. The van der Waals surface area contributed by atoms with Crippen LogP contribution in [0.3, 0.4) is 0 Å². The molecule has 1 atom stereocenters. The smallest absolute Gasteiger partial charge is 0.0954 e. The van der Waals surface area contributed by atoms with Gasteiger partial charge >= 0.3 is 0 Å². The van der Waals surface area contributed by atoms with Gasteiger partial charge in [-0.15, -0.1) is 0 Å². The van der Waals surface area contributed by atoms with Crippen LogP contribution in [0.5, 0.6) is 0 Å². The molecule has 1 N–H and O–H groups in total. The number of para-hydroxylation sites is 1. The molecule has 0 bridgehead atoms. The zero-order valence-corrected chi connectivity index (χ0v) is 11.8. The third kappa shape index (κ3) is 2.01. The van der Waals surface area contributed by atoms with E-state index in [0.29, 0.717) is 6.04 Å². The number of benzene rings is 1. The molecule has 0 fully saturated rings. The van der Waals surface area contributed by atoms with Gasteiger partial charge in [0.2, 0.25) is 0 Å². The Morgan fingerprint density at radius 3 is 3.00 bits per heavy atom. The number of nitrogens with zero attached hydrogens (tertiary/aromatic N) is 2. The molecule has 1 aromatic heterocycles. The third-order valence-electron chi connectivity index (χ3n) is 4.75. The van der Waals surface area contributed by atoms with Gasteiger partial charge in [0.1, 0.15) is 0 Å². The Bertz CT molecular complexity index is 587. The zero-order valence-electron chi connectivity index (χ0n) is 11.8. The minimum absolute atomic E-state index is 0.539. The van der Waals surface area contributed by atoms with E-state index in [4.69, 9.17) is 0 Å². The molecule has 1 unspecified atom stereocenters. The lowest BCUT2D eigenvalue weighted by Crippen LogP contribution is -2.20. The maximum Gasteiger partial charge on any atom is 0.0954 e. The van der Waals surface area contributed by atoms with Gasteiger partial charge in [-0.2, -0.15) is 0 Å². The van der Waals surface area contributed by atoms with E-state index in [0.717, 1.165) is 13.0 Å². The summed E-state index contributed by atoms with van der Waals surface area (Å²) in [5.74, 6) is 0. The van der Waals surface area contributed by atoms with Crippen LogP contribution < -0.4 is 5.32 Å². The third-order valence-corrected chi connectivity index (χ3v) is 4.75. The predicted molar refractivity (Wildman–Crippen MR) is 81.2 cm³/mol. The van der Waals surface area contributed by atoms with Gasteiger partial charge in [0.15, 0.2) is 0 Å². The van der Waals surface area contributed by atoms with Crippen LogP contribution in [0.4, 0.5) is 5.69 Å². The molecule has 104 valence electrons. The Hall–Kier alpha value is -1.77. The van der Waals surface area contributed by atoms with Gasteiger partial charge < -0.3 is 9.88 Å². The van der Waals surface area contributed by atoms with Crippen molar-refractivity contribution in [2.75, 3.05) is 11.9 Å². The van der Waals surface area contributed by atoms with Crippen LogP contribution in [-0.4, -0.2) is 16.1 Å². The number of imidazole rings is 1. The van der Waals surface area contributed by atoms with Gasteiger partial charge in [-0.05, 0) is 50.2 Å². The quantitative estimate of drug-likeness (QED) is 0.858. The van der Waals surface area contributed by atoms with Gasteiger partial charge in [-0.3, -0.25) is 0 Å². The van der Waals surface area contributed by atoms with Crippen molar-refractivity contribution in [2.45, 2.75) is 44.6 Å². The maximum atomic E-state index is 4.65. The van der Waals surface area contributed by atoms with Crippen molar-refractivity contribution in [3.8, 4) is 0 Å². The molecule has 2 aliphatic rings. The maximum absolute atomic E-state index is 4.65. The molecule has 0 spiro atoms. The summed E-state index contributed by atoms with van der Waals surface area (Å²) in [6, 6.07) is 9.23. The van der Waals surface area contributed by atoms with Crippen molar-refractivity contribution in [1.29, 1.82) is 0 Å². The van der Waals surface area contributed by atoms with E-state index in [-0.39, 0.29) is 0 Å². The molecule has 1 aliphatic heterocycles. The van der Waals surface area contributed by atoms with Crippen molar-refractivity contribution >= 4 is 5.69 Å². The first kappa shape index (κ1) is 12.0. The second-order valence-corrected chi connectivity index (χ2v) is 5.98. The minimum atomic E-state index is 0.539. The first-order valence-corrected chi connectivity index (χ1v) is 7.78. The van der Waals surface area contributed by atoms with Gasteiger partial charge in [0.05, 0.1) is 18.1 Å². The second-order valence-electron chi connectivity index (χ2n) is 5.98. The summed E-state index contributed by atoms with van der Waals surface area (Å²) in [4.78, 5) is 4.65. The highest BCUT2D eigenvalue weighted by Crippen LogP contribution is 2.29. The van der Waals surface area contributed by atoms with E-state index < -0.39 is 0 Å². The fourth-order valence-corrected chi connectivity index (χ4v) is 3.61. The largest absolute Gasteiger partial charge is 0.383 e. The first-order valence-electron chi connectivity index (χ1n) is 7.78. The molecule has 2 aromatic rings. The van der Waals surface area contributed by atoms with Crippen LogP contribution in [0.25, 0.3) is 0 Å². The van der Waals surface area contributed by atoms with Crippen LogP contribution >= 0.6 is 0 Å². The molecule has 4 rings (SSSR count). The predicted octanol–water partition coefficient (Wildman–Crippen LogP) is 3.36. The van der Waals surface area contributed by atoms with E-state index in [9.17, 15) is 0 Å². The van der Waals surface area contributed by atoms with Crippen LogP contribution in [0.1, 0.15) is 42.3 Å². The topological polar surface area (TPSA) is 29.9 Å². The van der Waals surface area contributed by atoms with Crippen molar-refractivity contribution in [1.82, 2.24) is 9.55 Å². The van der Waals surface area contributed by atoms with Crippen molar-refractivity contribution in [3.63, 3.8) is 0 Å². The molecule has 1 aromatic carbocycles. The number of aryl methyl sites for hydroxylation is 2. The molecule has 3 nitrogen and oxygen atoms in total. The fourth-order valence-electron chi connectivity index (χ4n) is 3.61. The van der Waals surface area contributed by atoms with Crippen LogP contribution in [0, 0.1) is 0 Å². The number of rotatable bonds is 1. The van der Waals surface area contributed by atoms with Gasteiger partial charge in [-0.1, -0.05) is 18.2 Å². The molecule has 1 aliphatic carbocycles. The zero-order chi connectivity index (χ0) is 13.4. The Morgan fingerprint density at radius 1 is 1.10 bits per heavy atom. The Kier molecular flexibility index (Phi) is 2.98. The lowest BCUT2D eigenvalue weighted by Gasteiger charge is -2.21. The summed E-state index contributed by atoms with van der Waals surface area (Å²) in [7, 11) is 0. The van der Waals surface area contributed by atoms with E-state index >= 15 is 0 Å². The second kappa shape index (κ2) is 4.97. The number of fused-ring (bicyclic) bond motifs is 2. The summed E-state index contributed by atoms with van der Waals surface area (Å²) >= 11 is 0. The number of nitrogens with one attached hydrogen (secondary N) is 1. The van der Waals surface area contributed by atoms with E-state index in [2.05, 4.69) is 45.5 Å². The van der Waals surface area contributed by atoms with Gasteiger partial charge in [-0.25, -0.2) is 4.98 Å². The Balaban J connectivity index is 1.60. The molecule has 0 saturated heterocycles. The lowest BCUT2D eigenvalue weighted by atomic mass is 10.00. The molecular weight excluding hydrogens is 246 g/mol. The number of hydrogen-bond donors (Lipinski definition) is 1. The fraction of sp³-hybridized carbons (Fsp3) is 0.471. The molecule has 2 heterocycles. The van der Waals surface area contributed by atoms with Crippen molar-refractivity contribution < 1.29 is 0 Å². The van der Waals surface area contributed by atoms with Crippen molar-refractivity contribution in [3.05, 3.63) is 47.5 Å². The summed E-state index contributed by atoms with van der Waals surface area (Å²) < 4.78 is 2.45. The van der Waals surface area contributed by atoms with Crippen LogP contribution in [0.15, 0.2) is 30.6 Å². The van der Waals surface area contributed by atoms with Gasteiger partial charge in [0.25, 0.3) is 0 Å². The molecule has 0 saturated carbocycles. The summed E-state index contributed by atoms with van der Waals surface area (Å²) in [5, 5.41) is 3.62. The standard InChI is InChI=1S/C17H21N3/c1-2-6-15-13(5-1)9-10-14(11-18-15)20-12-19-16-7-3-4-8-17(16)20/h1-2,5-6,12,14,18H,3-4,7-11H2. The highest BCUT2D eigenvalue weighted by atomic mass is 15.1. The summed E-state index contributed by atoms with van der Waals surface area (Å²) in [6.45, 7) is 1.01. The van der Waals surface area contributed by atoms with Crippen LogP contribution in [0.2, 0.25) is 0 Å². The minimum Gasteiger partial charge on any atom is -0.383 e. The van der Waals surface area contributed by atoms with E-state index in [1.807, 2.05) is 0 Å².